The summed E-state index contributed by atoms with van der Waals surface area (Å²) in [6, 6.07) is 5.86. The Kier molecular flexibility index (Phi) is 2.44. The Morgan fingerprint density at radius 1 is 1.50 bits per heavy atom. The zero-order valence-corrected chi connectivity index (χ0v) is 8.62. The van der Waals surface area contributed by atoms with E-state index in [1.807, 2.05) is 29.5 Å². The zero-order chi connectivity index (χ0) is 10.1. The van der Waals surface area contributed by atoms with Crippen LogP contribution in [0.15, 0.2) is 18.2 Å². The van der Waals surface area contributed by atoms with E-state index in [4.69, 9.17) is 16.7 Å². The molecule has 0 amide bonds. The highest BCUT2D eigenvalue weighted by Gasteiger charge is 2.09. The Labute approximate surface area is 87.0 Å². The van der Waals surface area contributed by atoms with Crippen molar-refractivity contribution in [2.24, 2.45) is 0 Å². The minimum Gasteiger partial charge on any atom is -0.396 e. The first-order valence-electron chi connectivity index (χ1n) is 4.47. The van der Waals surface area contributed by atoms with Gasteiger partial charge in [0.25, 0.3) is 0 Å². The molecule has 0 fully saturated rings. The number of halogens is 1. The molecule has 2 heterocycles. The predicted octanol–water partition coefficient (Wildman–Crippen LogP) is 1.83. The fraction of sp³-hybridized carbons (Fsp3) is 0.300. The maximum Gasteiger partial charge on any atom is 0.155 e. The van der Waals surface area contributed by atoms with Crippen molar-refractivity contribution in [3.05, 3.63) is 34.9 Å². The van der Waals surface area contributed by atoms with Crippen LogP contribution < -0.4 is 0 Å². The standard InChI is InChI=1S/C10H11ClN2O/c1-7-3-2-4-8-10(11)12-9(5-6-14)13(7)8/h2-4,14H,5-6H2,1H3. The van der Waals surface area contributed by atoms with Crippen molar-refractivity contribution in [1.82, 2.24) is 9.38 Å². The second-order valence-electron chi connectivity index (χ2n) is 3.18. The molecule has 2 aromatic rings. The number of hydrogen-bond acceptors (Lipinski definition) is 2. The van der Waals surface area contributed by atoms with Gasteiger partial charge in [-0.2, -0.15) is 0 Å². The van der Waals surface area contributed by atoms with Crippen LogP contribution in [0, 0.1) is 6.92 Å². The van der Waals surface area contributed by atoms with E-state index >= 15 is 0 Å². The lowest BCUT2D eigenvalue weighted by Gasteiger charge is -2.02. The van der Waals surface area contributed by atoms with Gasteiger partial charge in [0.05, 0.1) is 12.1 Å². The summed E-state index contributed by atoms with van der Waals surface area (Å²) >= 11 is 5.97. The van der Waals surface area contributed by atoms with Gasteiger partial charge in [0.1, 0.15) is 5.82 Å². The second-order valence-corrected chi connectivity index (χ2v) is 3.54. The van der Waals surface area contributed by atoms with Gasteiger partial charge in [-0.15, -0.1) is 0 Å². The SMILES string of the molecule is Cc1cccc2c(Cl)nc(CCO)n12. The first-order chi connectivity index (χ1) is 6.74. The first-order valence-corrected chi connectivity index (χ1v) is 4.85. The summed E-state index contributed by atoms with van der Waals surface area (Å²) in [7, 11) is 0. The van der Waals surface area contributed by atoms with E-state index in [1.165, 1.54) is 0 Å². The number of aliphatic hydroxyl groups excluding tert-OH is 1. The second kappa shape index (κ2) is 3.59. The molecule has 0 radical (unpaired) electrons. The third kappa shape index (κ3) is 1.38. The van der Waals surface area contributed by atoms with Crippen LogP contribution in [0.4, 0.5) is 0 Å². The van der Waals surface area contributed by atoms with Crippen LogP contribution in [0.1, 0.15) is 11.5 Å². The minimum atomic E-state index is 0.0871. The number of aryl methyl sites for hydroxylation is 1. The van der Waals surface area contributed by atoms with E-state index in [0.29, 0.717) is 11.6 Å². The van der Waals surface area contributed by atoms with Crippen LogP contribution in [-0.2, 0) is 6.42 Å². The van der Waals surface area contributed by atoms with E-state index in [-0.39, 0.29) is 6.61 Å². The molecule has 0 bridgehead atoms. The molecule has 0 aliphatic rings. The van der Waals surface area contributed by atoms with E-state index in [9.17, 15) is 0 Å². The maximum atomic E-state index is 8.88. The monoisotopic (exact) mass is 210 g/mol. The van der Waals surface area contributed by atoms with Gasteiger partial charge >= 0.3 is 0 Å². The van der Waals surface area contributed by atoms with Gasteiger partial charge in [0.15, 0.2) is 5.15 Å². The van der Waals surface area contributed by atoms with Crippen LogP contribution in [0.3, 0.4) is 0 Å². The molecule has 0 spiro atoms. The highest BCUT2D eigenvalue weighted by Crippen LogP contribution is 2.19. The molecule has 1 N–H and O–H groups in total. The number of aliphatic hydroxyl groups is 1. The molecule has 74 valence electrons. The topological polar surface area (TPSA) is 37.5 Å². The average Bonchev–Trinajstić information content (AvgIpc) is 2.46. The molecule has 0 aromatic carbocycles. The Balaban J connectivity index is 2.72. The van der Waals surface area contributed by atoms with Crippen LogP contribution in [0.5, 0.6) is 0 Å². The molecule has 0 aliphatic heterocycles. The largest absolute Gasteiger partial charge is 0.396 e. The molecule has 0 saturated carbocycles. The van der Waals surface area contributed by atoms with Gasteiger partial charge in [-0.25, -0.2) is 4.98 Å². The van der Waals surface area contributed by atoms with Gasteiger partial charge in [-0.05, 0) is 19.1 Å². The van der Waals surface area contributed by atoms with Crippen molar-refractivity contribution in [2.75, 3.05) is 6.61 Å². The molecular formula is C10H11ClN2O. The van der Waals surface area contributed by atoms with Gasteiger partial charge in [-0.3, -0.25) is 4.40 Å². The molecule has 0 unspecified atom stereocenters. The summed E-state index contributed by atoms with van der Waals surface area (Å²) in [4.78, 5) is 4.21. The summed E-state index contributed by atoms with van der Waals surface area (Å²) in [6.45, 7) is 2.08. The lowest BCUT2D eigenvalue weighted by molar-refractivity contribution is 0.296. The van der Waals surface area contributed by atoms with Crippen molar-refractivity contribution >= 4 is 17.1 Å². The Morgan fingerprint density at radius 2 is 2.29 bits per heavy atom. The van der Waals surface area contributed by atoms with Crippen LogP contribution in [0.2, 0.25) is 5.15 Å². The Hall–Kier alpha value is -1.06. The molecule has 2 rings (SSSR count). The summed E-state index contributed by atoms with van der Waals surface area (Å²) in [5.74, 6) is 0.811. The number of rotatable bonds is 2. The maximum absolute atomic E-state index is 8.88. The molecule has 3 nitrogen and oxygen atoms in total. The lowest BCUT2D eigenvalue weighted by atomic mass is 10.3. The molecular weight excluding hydrogens is 200 g/mol. The van der Waals surface area contributed by atoms with Crippen molar-refractivity contribution in [3.8, 4) is 0 Å². The summed E-state index contributed by atoms with van der Waals surface area (Å²) in [5.41, 5.74) is 1.97. The number of pyridine rings is 1. The van der Waals surface area contributed by atoms with Gasteiger partial charge in [0, 0.05) is 12.1 Å². The summed E-state index contributed by atoms with van der Waals surface area (Å²) in [6.07, 6.45) is 0.527. The van der Waals surface area contributed by atoms with Crippen molar-refractivity contribution in [2.45, 2.75) is 13.3 Å². The van der Waals surface area contributed by atoms with Gasteiger partial charge in [0.2, 0.25) is 0 Å². The molecule has 0 aliphatic carbocycles. The predicted molar refractivity (Wildman–Crippen MR) is 55.7 cm³/mol. The minimum absolute atomic E-state index is 0.0871. The summed E-state index contributed by atoms with van der Waals surface area (Å²) < 4.78 is 1.97. The molecule has 14 heavy (non-hydrogen) atoms. The van der Waals surface area contributed by atoms with Crippen LogP contribution in [-0.4, -0.2) is 21.1 Å². The van der Waals surface area contributed by atoms with Crippen LogP contribution >= 0.6 is 11.6 Å². The third-order valence-electron chi connectivity index (χ3n) is 2.22. The molecule has 2 aromatic heterocycles. The Bertz CT molecular complexity index is 464. The Morgan fingerprint density at radius 3 is 3.00 bits per heavy atom. The van der Waals surface area contributed by atoms with Crippen LogP contribution in [0.25, 0.3) is 5.52 Å². The van der Waals surface area contributed by atoms with Gasteiger partial charge in [-0.1, -0.05) is 17.7 Å². The smallest absolute Gasteiger partial charge is 0.155 e. The van der Waals surface area contributed by atoms with E-state index in [1.54, 1.807) is 0 Å². The van der Waals surface area contributed by atoms with Crippen molar-refractivity contribution in [1.29, 1.82) is 0 Å². The highest BCUT2D eigenvalue weighted by molar-refractivity contribution is 6.32. The normalized spacial score (nSPS) is 11.1. The fourth-order valence-electron chi connectivity index (χ4n) is 1.61. The van der Waals surface area contributed by atoms with E-state index in [2.05, 4.69) is 4.98 Å². The molecule has 0 atom stereocenters. The number of nitrogens with zero attached hydrogens (tertiary/aromatic N) is 2. The lowest BCUT2D eigenvalue weighted by Crippen LogP contribution is -2.00. The first kappa shape index (κ1) is 9.49. The van der Waals surface area contributed by atoms with E-state index < -0.39 is 0 Å². The van der Waals surface area contributed by atoms with Crippen molar-refractivity contribution in [3.63, 3.8) is 0 Å². The highest BCUT2D eigenvalue weighted by atomic mass is 35.5. The van der Waals surface area contributed by atoms with E-state index in [0.717, 1.165) is 17.0 Å². The molecule has 4 heteroatoms. The van der Waals surface area contributed by atoms with Crippen molar-refractivity contribution < 1.29 is 5.11 Å². The number of hydrogen-bond donors (Lipinski definition) is 1. The fourth-order valence-corrected chi connectivity index (χ4v) is 1.85. The number of imidazole rings is 1. The third-order valence-corrected chi connectivity index (χ3v) is 2.50. The molecule has 0 saturated heterocycles. The summed E-state index contributed by atoms with van der Waals surface area (Å²) in [5, 5.41) is 9.38. The van der Waals surface area contributed by atoms with Gasteiger partial charge < -0.3 is 5.11 Å². The average molecular weight is 211 g/mol. The quantitative estimate of drug-likeness (QED) is 0.821. The number of aromatic nitrogens is 2. The number of fused-ring (bicyclic) bond motifs is 1. The zero-order valence-electron chi connectivity index (χ0n) is 7.87.